The quantitative estimate of drug-likeness (QED) is 0.884. The van der Waals surface area contributed by atoms with Crippen molar-refractivity contribution in [2.45, 2.75) is 20.1 Å². The van der Waals surface area contributed by atoms with Crippen LogP contribution in [0, 0.1) is 6.92 Å². The van der Waals surface area contributed by atoms with E-state index in [1.807, 2.05) is 25.1 Å². The molecule has 0 amide bonds. The van der Waals surface area contributed by atoms with Gasteiger partial charge in [-0.2, -0.15) is 0 Å². The van der Waals surface area contributed by atoms with Crippen molar-refractivity contribution in [3.63, 3.8) is 0 Å². The molecule has 0 fully saturated rings. The number of thiophene rings is 1. The van der Waals surface area contributed by atoms with Crippen LogP contribution in [0.2, 0.25) is 0 Å². The van der Waals surface area contributed by atoms with E-state index in [-0.39, 0.29) is 0 Å². The Hall–Kier alpha value is -1.39. The number of pyridine rings is 1. The van der Waals surface area contributed by atoms with E-state index in [1.165, 1.54) is 9.75 Å². The fourth-order valence-electron chi connectivity index (χ4n) is 1.30. The first kappa shape index (κ1) is 11.1. The van der Waals surface area contributed by atoms with E-state index in [4.69, 9.17) is 10.5 Å². The van der Waals surface area contributed by atoms with Gasteiger partial charge in [0.15, 0.2) is 0 Å². The molecule has 2 aromatic heterocycles. The van der Waals surface area contributed by atoms with Gasteiger partial charge < -0.3 is 10.5 Å². The van der Waals surface area contributed by atoms with Gasteiger partial charge >= 0.3 is 0 Å². The molecule has 16 heavy (non-hydrogen) atoms. The van der Waals surface area contributed by atoms with Crippen LogP contribution in [0.1, 0.15) is 15.4 Å². The van der Waals surface area contributed by atoms with Gasteiger partial charge in [-0.25, -0.2) is 0 Å². The summed E-state index contributed by atoms with van der Waals surface area (Å²) in [7, 11) is 0. The first-order chi connectivity index (χ1) is 7.78. The van der Waals surface area contributed by atoms with Gasteiger partial charge in [-0.1, -0.05) is 0 Å². The van der Waals surface area contributed by atoms with Crippen molar-refractivity contribution in [3.8, 4) is 5.75 Å². The molecule has 2 heterocycles. The zero-order chi connectivity index (χ0) is 11.4. The molecule has 0 unspecified atom stereocenters. The number of aromatic nitrogens is 1. The van der Waals surface area contributed by atoms with E-state index < -0.39 is 0 Å². The Bertz CT molecular complexity index is 450. The average molecular weight is 234 g/mol. The number of rotatable bonds is 4. The summed E-state index contributed by atoms with van der Waals surface area (Å²) in [4.78, 5) is 6.53. The SMILES string of the molecule is Cc1ccc(OCc2ccc(CN)s2)cn1. The van der Waals surface area contributed by atoms with Crippen molar-refractivity contribution in [2.24, 2.45) is 5.73 Å². The number of nitrogens with two attached hydrogens (primary N) is 1. The average Bonchev–Trinajstić information content (AvgIpc) is 2.76. The number of nitrogens with zero attached hydrogens (tertiary/aromatic N) is 1. The zero-order valence-corrected chi connectivity index (χ0v) is 9.96. The normalized spacial score (nSPS) is 10.4. The summed E-state index contributed by atoms with van der Waals surface area (Å²) >= 11 is 1.68. The molecule has 3 nitrogen and oxygen atoms in total. The highest BCUT2D eigenvalue weighted by molar-refractivity contribution is 7.11. The standard InChI is InChI=1S/C12H14N2OS/c1-9-2-3-10(7-14-9)15-8-12-5-4-11(6-13)16-12/h2-5,7H,6,8,13H2,1H3. The molecule has 2 aromatic rings. The minimum Gasteiger partial charge on any atom is -0.486 e. The van der Waals surface area contributed by atoms with Crippen LogP contribution in [0.25, 0.3) is 0 Å². The summed E-state index contributed by atoms with van der Waals surface area (Å²) in [6, 6.07) is 7.96. The number of ether oxygens (including phenoxy) is 1. The summed E-state index contributed by atoms with van der Waals surface area (Å²) in [5.74, 6) is 0.799. The van der Waals surface area contributed by atoms with Crippen LogP contribution < -0.4 is 10.5 Å². The predicted molar refractivity (Wildman–Crippen MR) is 65.5 cm³/mol. The Labute approximate surface area is 98.9 Å². The Morgan fingerprint density at radius 1 is 1.25 bits per heavy atom. The second-order valence-electron chi connectivity index (χ2n) is 3.50. The van der Waals surface area contributed by atoms with Crippen LogP contribution in [0.4, 0.5) is 0 Å². The molecule has 0 aromatic carbocycles. The highest BCUT2D eigenvalue weighted by Gasteiger charge is 2.00. The summed E-state index contributed by atoms with van der Waals surface area (Å²) in [5.41, 5.74) is 6.54. The van der Waals surface area contributed by atoms with Gasteiger partial charge in [0.2, 0.25) is 0 Å². The molecule has 0 spiro atoms. The maximum Gasteiger partial charge on any atom is 0.138 e. The van der Waals surface area contributed by atoms with Crippen molar-refractivity contribution in [2.75, 3.05) is 0 Å². The van der Waals surface area contributed by atoms with E-state index in [2.05, 4.69) is 11.1 Å². The summed E-state index contributed by atoms with van der Waals surface area (Å²) in [6.45, 7) is 3.13. The van der Waals surface area contributed by atoms with E-state index in [0.29, 0.717) is 13.2 Å². The van der Waals surface area contributed by atoms with Gasteiger partial charge in [0, 0.05) is 22.0 Å². The van der Waals surface area contributed by atoms with Gasteiger partial charge in [-0.3, -0.25) is 4.98 Å². The van der Waals surface area contributed by atoms with E-state index >= 15 is 0 Å². The third kappa shape index (κ3) is 2.81. The molecule has 0 aliphatic carbocycles. The van der Waals surface area contributed by atoms with Gasteiger partial charge in [0.25, 0.3) is 0 Å². The lowest BCUT2D eigenvalue weighted by Gasteiger charge is -2.03. The van der Waals surface area contributed by atoms with Crippen molar-refractivity contribution in [1.29, 1.82) is 0 Å². The smallest absolute Gasteiger partial charge is 0.138 e. The fourth-order valence-corrected chi connectivity index (χ4v) is 2.11. The lowest BCUT2D eigenvalue weighted by Crippen LogP contribution is -1.94. The topological polar surface area (TPSA) is 48.1 Å². The lowest BCUT2D eigenvalue weighted by molar-refractivity contribution is 0.308. The molecule has 4 heteroatoms. The number of hydrogen-bond donors (Lipinski definition) is 1. The first-order valence-corrected chi connectivity index (χ1v) is 5.92. The largest absolute Gasteiger partial charge is 0.486 e. The Morgan fingerprint density at radius 2 is 2.06 bits per heavy atom. The third-order valence-electron chi connectivity index (χ3n) is 2.18. The predicted octanol–water partition coefficient (Wildman–Crippen LogP) is 2.49. The summed E-state index contributed by atoms with van der Waals surface area (Å²) in [5, 5.41) is 0. The molecule has 0 aliphatic heterocycles. The first-order valence-electron chi connectivity index (χ1n) is 5.11. The molecule has 2 rings (SSSR count). The maximum atomic E-state index is 5.61. The van der Waals surface area contributed by atoms with Crippen LogP contribution in [0.3, 0.4) is 0 Å². The molecular weight excluding hydrogens is 220 g/mol. The van der Waals surface area contributed by atoms with Gasteiger partial charge in [-0.15, -0.1) is 11.3 Å². The van der Waals surface area contributed by atoms with E-state index in [1.54, 1.807) is 17.5 Å². The van der Waals surface area contributed by atoms with Crippen LogP contribution in [-0.2, 0) is 13.2 Å². The lowest BCUT2D eigenvalue weighted by atomic mass is 10.4. The Balaban J connectivity index is 1.94. The number of hydrogen-bond acceptors (Lipinski definition) is 4. The fraction of sp³-hybridized carbons (Fsp3) is 0.250. The van der Waals surface area contributed by atoms with Gasteiger partial charge in [-0.05, 0) is 31.2 Å². The maximum absolute atomic E-state index is 5.61. The minimum absolute atomic E-state index is 0.579. The van der Waals surface area contributed by atoms with Crippen molar-refractivity contribution < 1.29 is 4.74 Å². The van der Waals surface area contributed by atoms with Crippen molar-refractivity contribution >= 4 is 11.3 Å². The Morgan fingerprint density at radius 3 is 2.69 bits per heavy atom. The van der Waals surface area contributed by atoms with Crippen LogP contribution in [0.15, 0.2) is 30.5 Å². The molecule has 0 saturated heterocycles. The van der Waals surface area contributed by atoms with Crippen LogP contribution in [-0.4, -0.2) is 4.98 Å². The second-order valence-corrected chi connectivity index (χ2v) is 4.75. The molecule has 0 atom stereocenters. The van der Waals surface area contributed by atoms with E-state index in [0.717, 1.165) is 11.4 Å². The highest BCUT2D eigenvalue weighted by Crippen LogP contribution is 2.18. The molecule has 0 bridgehead atoms. The monoisotopic (exact) mass is 234 g/mol. The zero-order valence-electron chi connectivity index (χ0n) is 9.14. The van der Waals surface area contributed by atoms with Crippen molar-refractivity contribution in [3.05, 3.63) is 45.9 Å². The molecule has 0 radical (unpaired) electrons. The minimum atomic E-state index is 0.579. The molecular formula is C12H14N2OS. The molecule has 84 valence electrons. The van der Waals surface area contributed by atoms with Crippen LogP contribution >= 0.6 is 11.3 Å². The Kier molecular flexibility index (Phi) is 3.54. The third-order valence-corrected chi connectivity index (χ3v) is 3.26. The molecule has 0 saturated carbocycles. The molecule has 2 N–H and O–H groups in total. The molecule has 0 aliphatic rings. The van der Waals surface area contributed by atoms with Crippen LogP contribution in [0.5, 0.6) is 5.75 Å². The number of aryl methyl sites for hydroxylation is 1. The highest BCUT2D eigenvalue weighted by atomic mass is 32.1. The van der Waals surface area contributed by atoms with Gasteiger partial charge in [0.1, 0.15) is 12.4 Å². The van der Waals surface area contributed by atoms with Gasteiger partial charge in [0.05, 0.1) is 6.20 Å². The second kappa shape index (κ2) is 5.09. The summed E-state index contributed by atoms with van der Waals surface area (Å²) < 4.78 is 5.61. The van der Waals surface area contributed by atoms with Crippen molar-refractivity contribution in [1.82, 2.24) is 4.98 Å². The summed E-state index contributed by atoms with van der Waals surface area (Å²) in [6.07, 6.45) is 1.74. The van der Waals surface area contributed by atoms with E-state index in [9.17, 15) is 0 Å².